The van der Waals surface area contributed by atoms with Crippen molar-refractivity contribution in [3.05, 3.63) is 29.8 Å². The lowest BCUT2D eigenvalue weighted by Gasteiger charge is -2.25. The molecule has 5 unspecified atom stereocenters. The van der Waals surface area contributed by atoms with E-state index < -0.39 is 66.3 Å². The lowest BCUT2D eigenvalue weighted by atomic mass is 10.0. The first-order chi connectivity index (χ1) is 18.2. The van der Waals surface area contributed by atoms with E-state index in [0.717, 1.165) is 0 Å². The van der Waals surface area contributed by atoms with Gasteiger partial charge < -0.3 is 54.2 Å². The second kappa shape index (κ2) is 15.7. The van der Waals surface area contributed by atoms with Crippen LogP contribution >= 0.6 is 0 Å². The zero-order chi connectivity index (χ0) is 29.7. The summed E-state index contributed by atoms with van der Waals surface area (Å²) in [6, 6.07) is -0.0292. The number of aromatic hydroxyl groups is 1. The third-order valence-corrected chi connectivity index (χ3v) is 5.43. The van der Waals surface area contributed by atoms with E-state index in [1.54, 1.807) is 0 Å². The number of carboxylic acid groups (broad SMARTS) is 1. The smallest absolute Gasteiger partial charge is 0.326 e. The Kier molecular flexibility index (Phi) is 13.1. The Balaban J connectivity index is 3.15. The molecular formula is C23H36N8O8. The fourth-order valence-electron chi connectivity index (χ4n) is 3.28. The lowest BCUT2D eigenvalue weighted by Crippen LogP contribution is -2.59. The summed E-state index contributed by atoms with van der Waals surface area (Å²) in [5, 5.41) is 35.6. The summed E-state index contributed by atoms with van der Waals surface area (Å²) >= 11 is 0. The molecule has 14 N–H and O–H groups in total. The van der Waals surface area contributed by atoms with Crippen LogP contribution in [0.5, 0.6) is 5.75 Å². The fraction of sp³-hybridized carbons (Fsp3) is 0.478. The molecule has 1 aromatic carbocycles. The third-order valence-electron chi connectivity index (χ3n) is 5.43. The number of aliphatic hydroxyl groups excluding tert-OH is 1. The molecule has 1 rings (SSSR count). The normalized spacial score (nSPS) is 14.5. The van der Waals surface area contributed by atoms with Gasteiger partial charge in [0.1, 0.15) is 29.9 Å². The number of rotatable bonds is 16. The monoisotopic (exact) mass is 552 g/mol. The highest BCUT2D eigenvalue weighted by Crippen LogP contribution is 2.12. The average molecular weight is 553 g/mol. The van der Waals surface area contributed by atoms with Crippen LogP contribution in [0.25, 0.3) is 0 Å². The van der Waals surface area contributed by atoms with Crippen LogP contribution in [0.4, 0.5) is 0 Å². The molecule has 216 valence electrons. The van der Waals surface area contributed by atoms with Crippen LogP contribution in [-0.4, -0.2) is 87.7 Å². The number of nitrogens with two attached hydrogens (primary N) is 4. The predicted molar refractivity (Wildman–Crippen MR) is 139 cm³/mol. The van der Waals surface area contributed by atoms with Gasteiger partial charge in [0.05, 0.1) is 12.5 Å². The van der Waals surface area contributed by atoms with Crippen LogP contribution in [0.2, 0.25) is 0 Å². The molecule has 0 saturated heterocycles. The Labute approximate surface area is 224 Å². The van der Waals surface area contributed by atoms with Crippen molar-refractivity contribution in [2.24, 2.45) is 27.9 Å². The topological polar surface area (TPSA) is 299 Å². The van der Waals surface area contributed by atoms with E-state index in [1.165, 1.54) is 31.2 Å². The van der Waals surface area contributed by atoms with Crippen molar-refractivity contribution in [1.29, 1.82) is 0 Å². The Morgan fingerprint density at radius 1 is 0.897 bits per heavy atom. The van der Waals surface area contributed by atoms with Gasteiger partial charge in [0.15, 0.2) is 5.96 Å². The first-order valence-electron chi connectivity index (χ1n) is 11.9. The van der Waals surface area contributed by atoms with Crippen LogP contribution in [0.15, 0.2) is 29.3 Å². The van der Waals surface area contributed by atoms with Crippen molar-refractivity contribution < 1.29 is 39.3 Å². The maximum atomic E-state index is 13.1. The molecular weight excluding hydrogens is 516 g/mol. The summed E-state index contributed by atoms with van der Waals surface area (Å²) < 4.78 is 0. The van der Waals surface area contributed by atoms with Crippen molar-refractivity contribution in [2.75, 3.05) is 6.54 Å². The van der Waals surface area contributed by atoms with Gasteiger partial charge in [-0.15, -0.1) is 0 Å². The van der Waals surface area contributed by atoms with E-state index in [-0.39, 0.29) is 37.5 Å². The van der Waals surface area contributed by atoms with Gasteiger partial charge in [-0.3, -0.25) is 24.2 Å². The Hall–Kier alpha value is -4.44. The highest BCUT2D eigenvalue weighted by molar-refractivity contribution is 5.96. The number of nitrogens with one attached hydrogen (secondary N) is 3. The van der Waals surface area contributed by atoms with Crippen LogP contribution in [0.3, 0.4) is 0 Å². The number of hydrogen-bond donors (Lipinski definition) is 10. The molecule has 0 radical (unpaired) electrons. The molecule has 4 amide bonds. The summed E-state index contributed by atoms with van der Waals surface area (Å²) in [7, 11) is 0. The van der Waals surface area contributed by atoms with Gasteiger partial charge in [-0.25, -0.2) is 4.79 Å². The molecule has 0 spiro atoms. The number of phenolic OH excluding ortho intramolecular Hbond substituents is 1. The zero-order valence-corrected chi connectivity index (χ0v) is 21.4. The first-order valence-corrected chi connectivity index (χ1v) is 11.9. The molecule has 16 heteroatoms. The number of aliphatic hydroxyl groups is 1. The molecule has 0 aliphatic heterocycles. The highest BCUT2D eigenvalue weighted by atomic mass is 16.4. The average Bonchev–Trinajstić information content (AvgIpc) is 2.84. The Bertz CT molecular complexity index is 1040. The zero-order valence-electron chi connectivity index (χ0n) is 21.4. The van der Waals surface area contributed by atoms with Gasteiger partial charge in [-0.05, 0) is 37.5 Å². The number of primary amides is 1. The number of aliphatic imine (C=N–C) groups is 1. The standard InChI is InChI=1S/C23H36N8O8/c1-11(32)18(25)21(37)31-16(10-17(24)34)20(36)30-15(9-12-4-6-13(33)7-5-12)19(35)29-14(22(38)39)3-2-8-28-23(26)27/h4-7,11,14-16,18,32-33H,2-3,8-10,25H2,1H3,(H2,24,34)(H,29,35)(H,30,36)(H,31,37)(H,38,39)(H4,26,27,28). The number of amides is 4. The molecule has 39 heavy (non-hydrogen) atoms. The van der Waals surface area contributed by atoms with Crippen molar-refractivity contribution in [3.8, 4) is 5.75 Å². The summed E-state index contributed by atoms with van der Waals surface area (Å²) in [5.74, 6) is -5.32. The van der Waals surface area contributed by atoms with E-state index in [9.17, 15) is 39.3 Å². The van der Waals surface area contributed by atoms with E-state index in [2.05, 4.69) is 20.9 Å². The van der Waals surface area contributed by atoms with Gasteiger partial charge >= 0.3 is 5.97 Å². The SMILES string of the molecule is CC(O)C(N)C(=O)NC(CC(N)=O)C(=O)NC(Cc1ccc(O)cc1)C(=O)NC(CCCN=C(N)N)C(=O)O. The highest BCUT2D eigenvalue weighted by Gasteiger charge is 2.32. The van der Waals surface area contributed by atoms with Gasteiger partial charge in [0.25, 0.3) is 0 Å². The second-order valence-corrected chi connectivity index (χ2v) is 8.78. The molecule has 0 aliphatic rings. The van der Waals surface area contributed by atoms with Gasteiger partial charge in [-0.2, -0.15) is 0 Å². The third kappa shape index (κ3) is 12.1. The lowest BCUT2D eigenvalue weighted by molar-refractivity contribution is -0.142. The number of guanidine groups is 1. The predicted octanol–water partition coefficient (Wildman–Crippen LogP) is -3.89. The second-order valence-electron chi connectivity index (χ2n) is 8.78. The maximum absolute atomic E-state index is 13.1. The van der Waals surface area contributed by atoms with Crippen LogP contribution in [0.1, 0.15) is 31.7 Å². The van der Waals surface area contributed by atoms with Crippen LogP contribution in [0, 0.1) is 0 Å². The minimum Gasteiger partial charge on any atom is -0.508 e. The van der Waals surface area contributed by atoms with Crippen molar-refractivity contribution >= 4 is 35.6 Å². The summed E-state index contributed by atoms with van der Waals surface area (Å²) in [4.78, 5) is 65.5. The largest absolute Gasteiger partial charge is 0.508 e. The maximum Gasteiger partial charge on any atom is 0.326 e. The number of carbonyl (C=O) groups is 5. The van der Waals surface area contributed by atoms with E-state index in [4.69, 9.17) is 22.9 Å². The van der Waals surface area contributed by atoms with Gasteiger partial charge in [0.2, 0.25) is 23.6 Å². The minimum absolute atomic E-state index is 0.0324. The van der Waals surface area contributed by atoms with Crippen LogP contribution < -0.4 is 38.9 Å². The number of carbonyl (C=O) groups excluding carboxylic acids is 4. The molecule has 16 nitrogen and oxygen atoms in total. The van der Waals surface area contributed by atoms with E-state index in [0.29, 0.717) is 5.56 Å². The molecule has 0 bridgehead atoms. The summed E-state index contributed by atoms with van der Waals surface area (Å²) in [5.41, 5.74) is 21.8. The summed E-state index contributed by atoms with van der Waals surface area (Å²) in [6.07, 6.45) is -1.88. The number of phenols is 1. The van der Waals surface area contributed by atoms with Crippen LogP contribution in [-0.2, 0) is 30.4 Å². The van der Waals surface area contributed by atoms with E-state index >= 15 is 0 Å². The molecule has 1 aromatic rings. The van der Waals surface area contributed by atoms with Crippen molar-refractivity contribution in [2.45, 2.75) is 62.9 Å². The van der Waals surface area contributed by atoms with Gasteiger partial charge in [0, 0.05) is 13.0 Å². The van der Waals surface area contributed by atoms with Crippen molar-refractivity contribution in [3.63, 3.8) is 0 Å². The minimum atomic E-state index is -1.55. The Morgan fingerprint density at radius 2 is 1.44 bits per heavy atom. The van der Waals surface area contributed by atoms with E-state index in [1.807, 2.05) is 0 Å². The number of benzene rings is 1. The number of hydrogen-bond acceptors (Lipinski definition) is 9. The summed E-state index contributed by atoms with van der Waals surface area (Å²) in [6.45, 7) is 1.38. The Morgan fingerprint density at radius 3 is 1.95 bits per heavy atom. The fourth-order valence-corrected chi connectivity index (χ4v) is 3.28. The number of aliphatic carboxylic acids is 1. The molecule has 0 saturated carbocycles. The van der Waals surface area contributed by atoms with Gasteiger partial charge in [-0.1, -0.05) is 12.1 Å². The number of carboxylic acids is 1. The first kappa shape index (κ1) is 32.6. The molecule has 0 aromatic heterocycles. The van der Waals surface area contributed by atoms with Crippen molar-refractivity contribution in [1.82, 2.24) is 16.0 Å². The molecule has 0 fully saturated rings. The molecule has 0 heterocycles. The molecule has 5 atom stereocenters. The quantitative estimate of drug-likeness (QED) is 0.0537. The molecule has 0 aliphatic carbocycles. The number of nitrogens with zero attached hydrogens (tertiary/aromatic N) is 1.